The van der Waals surface area contributed by atoms with E-state index >= 15 is 0 Å². The van der Waals surface area contributed by atoms with Gasteiger partial charge in [0.2, 0.25) is 0 Å². The molecule has 1 aliphatic carbocycles. The summed E-state index contributed by atoms with van der Waals surface area (Å²) < 4.78 is 0. The number of hydrogen-bond acceptors (Lipinski definition) is 2. The van der Waals surface area contributed by atoms with Gasteiger partial charge < -0.3 is 0 Å². The van der Waals surface area contributed by atoms with Crippen LogP contribution >= 0.6 is 0 Å². The highest BCUT2D eigenvalue weighted by molar-refractivity contribution is 5.99. The van der Waals surface area contributed by atoms with Gasteiger partial charge >= 0.3 is 0 Å². The number of rotatable bonds is 4. The molecule has 0 amide bonds. The first kappa shape index (κ1) is 25.1. The van der Waals surface area contributed by atoms with Crippen LogP contribution in [-0.2, 0) is 0 Å². The first-order valence-electron chi connectivity index (χ1n) is 14.7. The maximum atomic E-state index is 5.24. The molecule has 0 radical (unpaired) electrons. The summed E-state index contributed by atoms with van der Waals surface area (Å²) in [7, 11) is 0. The lowest BCUT2D eigenvalue weighted by atomic mass is 9.92. The van der Waals surface area contributed by atoms with Gasteiger partial charge in [-0.2, -0.15) is 0 Å². The fraction of sp³-hybridized carbons (Fsp3) is 0.0244. The molecule has 0 spiro atoms. The van der Waals surface area contributed by atoms with Crippen LogP contribution in [0.25, 0.3) is 66.1 Å². The van der Waals surface area contributed by atoms with Crippen LogP contribution in [0.5, 0.6) is 0 Å². The second kappa shape index (κ2) is 10.7. The summed E-state index contributed by atoms with van der Waals surface area (Å²) in [6, 6.07) is 43.4. The Labute approximate surface area is 251 Å². The van der Waals surface area contributed by atoms with Gasteiger partial charge in [-0.05, 0) is 57.3 Å². The van der Waals surface area contributed by atoms with E-state index in [2.05, 4.69) is 157 Å². The summed E-state index contributed by atoms with van der Waals surface area (Å²) in [5, 5.41) is 4.74. The van der Waals surface area contributed by atoms with Crippen molar-refractivity contribution in [1.29, 1.82) is 0 Å². The van der Waals surface area contributed by atoms with Crippen LogP contribution in [0.3, 0.4) is 0 Å². The highest BCUT2D eigenvalue weighted by Gasteiger charge is 2.14. The normalized spacial score (nSPS) is 13.2. The summed E-state index contributed by atoms with van der Waals surface area (Å²) in [4.78, 5) is 9.92. The Morgan fingerprint density at radius 1 is 0.488 bits per heavy atom. The lowest BCUT2D eigenvalue weighted by Crippen LogP contribution is -1.95. The molecule has 0 aliphatic heterocycles. The predicted octanol–water partition coefficient (Wildman–Crippen LogP) is 10.7. The lowest BCUT2D eigenvalue weighted by molar-refractivity contribution is 1.09. The zero-order valence-electron chi connectivity index (χ0n) is 23.6. The van der Waals surface area contributed by atoms with Gasteiger partial charge in [-0.15, -0.1) is 0 Å². The van der Waals surface area contributed by atoms with Gasteiger partial charge in [-0.1, -0.05) is 134 Å². The van der Waals surface area contributed by atoms with E-state index in [4.69, 9.17) is 4.98 Å². The number of allylic oxidation sites excluding steroid dienone is 6. The number of pyridine rings is 2. The van der Waals surface area contributed by atoms with Crippen LogP contribution in [0.4, 0.5) is 0 Å². The minimum atomic E-state index is 0.211. The Bertz CT molecular complexity index is 2210. The lowest BCUT2D eigenvalue weighted by Gasteiger charge is -2.15. The molecule has 0 saturated heterocycles. The Kier molecular flexibility index (Phi) is 6.23. The molecule has 0 bridgehead atoms. The van der Waals surface area contributed by atoms with Gasteiger partial charge in [0.05, 0.1) is 16.7 Å². The molecule has 202 valence electrons. The van der Waals surface area contributed by atoms with Crippen LogP contribution in [0.2, 0.25) is 0 Å². The highest BCUT2D eigenvalue weighted by atomic mass is 14.7. The molecule has 2 nitrogen and oxygen atoms in total. The van der Waals surface area contributed by atoms with E-state index < -0.39 is 0 Å². The van der Waals surface area contributed by atoms with Crippen molar-refractivity contribution in [3.63, 3.8) is 0 Å². The summed E-state index contributed by atoms with van der Waals surface area (Å²) in [6.07, 6.45) is 14.7. The largest absolute Gasteiger partial charge is 0.256 e. The minimum Gasteiger partial charge on any atom is -0.256 e. The number of fused-ring (bicyclic) bond motifs is 3. The Morgan fingerprint density at radius 3 is 2.05 bits per heavy atom. The zero-order valence-corrected chi connectivity index (χ0v) is 23.6. The van der Waals surface area contributed by atoms with Crippen molar-refractivity contribution in [3.05, 3.63) is 170 Å². The molecule has 0 atom stereocenters. The molecule has 0 N–H and O–H groups in total. The van der Waals surface area contributed by atoms with Crippen LogP contribution in [0.15, 0.2) is 164 Å². The summed E-state index contributed by atoms with van der Waals surface area (Å²) in [5.74, 6) is 0.211. The third-order valence-electron chi connectivity index (χ3n) is 8.37. The van der Waals surface area contributed by atoms with Crippen molar-refractivity contribution in [1.82, 2.24) is 9.97 Å². The van der Waals surface area contributed by atoms with Crippen molar-refractivity contribution >= 4 is 32.6 Å². The third kappa shape index (κ3) is 4.73. The number of benzene rings is 5. The van der Waals surface area contributed by atoms with Crippen LogP contribution in [-0.4, -0.2) is 9.97 Å². The fourth-order valence-corrected chi connectivity index (χ4v) is 6.14. The molecule has 0 unspecified atom stereocenters. The van der Waals surface area contributed by atoms with E-state index in [-0.39, 0.29) is 5.92 Å². The maximum Gasteiger partial charge on any atom is 0.0780 e. The highest BCUT2D eigenvalue weighted by Crippen LogP contribution is 2.36. The van der Waals surface area contributed by atoms with Crippen LogP contribution in [0.1, 0.15) is 11.5 Å². The van der Waals surface area contributed by atoms with Gasteiger partial charge in [0.1, 0.15) is 0 Å². The minimum absolute atomic E-state index is 0.211. The second-order valence-corrected chi connectivity index (χ2v) is 11.0. The second-order valence-electron chi connectivity index (χ2n) is 11.0. The number of aromatic nitrogens is 2. The van der Waals surface area contributed by atoms with Gasteiger partial charge in [0.15, 0.2) is 0 Å². The van der Waals surface area contributed by atoms with Crippen LogP contribution in [0, 0.1) is 0 Å². The standard InChI is InChI=1S/C41H28N2/c1-2-4-10-28(9-3-1)34-22-23-37-38(27-39(43-40(37)26-34)35-21-16-29-11-5-6-12-33(29)25-35)31-19-17-30(18-20-31)36-15-7-13-32-14-8-24-42-41(32)36/h1-28H. The topological polar surface area (TPSA) is 25.8 Å². The molecule has 7 aromatic rings. The molecular formula is C41H28N2. The number of para-hydroxylation sites is 1. The summed E-state index contributed by atoms with van der Waals surface area (Å²) >= 11 is 0. The van der Waals surface area contributed by atoms with Gasteiger partial charge in [0, 0.05) is 34.0 Å². The van der Waals surface area contributed by atoms with Crippen molar-refractivity contribution in [2.45, 2.75) is 5.92 Å². The van der Waals surface area contributed by atoms with E-state index in [0.717, 1.165) is 49.8 Å². The number of nitrogens with zero attached hydrogens (tertiary/aromatic N) is 2. The average molecular weight is 549 g/mol. The van der Waals surface area contributed by atoms with Gasteiger partial charge in [-0.25, -0.2) is 4.98 Å². The zero-order chi connectivity index (χ0) is 28.6. The van der Waals surface area contributed by atoms with Crippen LogP contribution < -0.4 is 0 Å². The smallest absolute Gasteiger partial charge is 0.0780 e. The molecule has 2 heterocycles. The Hall–Kier alpha value is -5.60. The Balaban J connectivity index is 1.28. The molecular weight excluding hydrogens is 520 g/mol. The average Bonchev–Trinajstić information content (AvgIpc) is 3.37. The van der Waals surface area contributed by atoms with E-state index in [0.29, 0.717) is 0 Å². The molecule has 43 heavy (non-hydrogen) atoms. The molecule has 2 heteroatoms. The summed E-state index contributed by atoms with van der Waals surface area (Å²) in [6.45, 7) is 0. The van der Waals surface area contributed by atoms with Crippen molar-refractivity contribution in [2.75, 3.05) is 0 Å². The van der Waals surface area contributed by atoms with E-state index in [1.54, 1.807) is 0 Å². The SMILES string of the molecule is C1=CC=CC(c2ccc3c(-c4ccc(-c5cccc6cccnc56)cc4)cc(-c4ccc5ccccc5c4)nc3c2)C=C1. The number of hydrogen-bond donors (Lipinski definition) is 0. The first-order chi connectivity index (χ1) is 21.3. The Morgan fingerprint density at radius 2 is 1.21 bits per heavy atom. The van der Waals surface area contributed by atoms with Crippen molar-refractivity contribution in [3.8, 4) is 33.5 Å². The molecule has 0 fully saturated rings. The maximum absolute atomic E-state index is 5.24. The van der Waals surface area contributed by atoms with Gasteiger partial charge in [-0.3, -0.25) is 4.98 Å². The van der Waals surface area contributed by atoms with Crippen molar-refractivity contribution in [2.24, 2.45) is 0 Å². The molecule has 0 saturated carbocycles. The summed E-state index contributed by atoms with van der Waals surface area (Å²) in [5.41, 5.74) is 9.99. The first-order valence-corrected chi connectivity index (χ1v) is 14.7. The van der Waals surface area contributed by atoms with E-state index in [1.807, 2.05) is 12.3 Å². The molecule has 8 rings (SSSR count). The van der Waals surface area contributed by atoms with E-state index in [1.165, 1.54) is 21.9 Å². The van der Waals surface area contributed by atoms with Gasteiger partial charge in [0.25, 0.3) is 0 Å². The van der Waals surface area contributed by atoms with Crippen molar-refractivity contribution < 1.29 is 0 Å². The third-order valence-corrected chi connectivity index (χ3v) is 8.37. The monoisotopic (exact) mass is 548 g/mol. The molecule has 2 aromatic heterocycles. The predicted molar refractivity (Wildman–Crippen MR) is 181 cm³/mol. The molecule has 1 aliphatic rings. The fourth-order valence-electron chi connectivity index (χ4n) is 6.14. The molecule has 5 aromatic carbocycles. The quantitative estimate of drug-likeness (QED) is 0.219. The van der Waals surface area contributed by atoms with E-state index in [9.17, 15) is 0 Å².